The lowest BCUT2D eigenvalue weighted by molar-refractivity contribution is -0.126. The predicted molar refractivity (Wildman–Crippen MR) is 126 cm³/mol. The van der Waals surface area contributed by atoms with Gasteiger partial charge in [-0.05, 0) is 66.9 Å². The maximum atomic E-state index is 14.1. The minimum Gasteiger partial charge on any atom is -0.393 e. The van der Waals surface area contributed by atoms with Crippen molar-refractivity contribution in [3.63, 3.8) is 0 Å². The van der Waals surface area contributed by atoms with Gasteiger partial charge in [-0.2, -0.15) is 0 Å². The van der Waals surface area contributed by atoms with Gasteiger partial charge in [0.15, 0.2) is 0 Å². The Bertz CT molecular complexity index is 809. The first kappa shape index (κ1) is 24.2. The van der Waals surface area contributed by atoms with E-state index in [1.54, 1.807) is 0 Å². The van der Waals surface area contributed by atoms with Gasteiger partial charge in [0, 0.05) is 18.3 Å². The molecule has 0 heterocycles. The van der Waals surface area contributed by atoms with Crippen LogP contribution in [0.2, 0.25) is 0 Å². The van der Waals surface area contributed by atoms with Crippen LogP contribution in [-0.2, 0) is 4.79 Å². The van der Waals surface area contributed by atoms with Crippen molar-refractivity contribution in [2.45, 2.75) is 98.3 Å². The number of hydrogen-bond acceptors (Lipinski definition) is 2. The van der Waals surface area contributed by atoms with Crippen LogP contribution < -0.4 is 0 Å². The lowest BCUT2D eigenvalue weighted by Crippen LogP contribution is -2.32. The zero-order chi connectivity index (χ0) is 23.0. The van der Waals surface area contributed by atoms with Gasteiger partial charge in [0.1, 0.15) is 12.0 Å². The van der Waals surface area contributed by atoms with Gasteiger partial charge in [-0.15, -0.1) is 0 Å². The van der Waals surface area contributed by atoms with Crippen molar-refractivity contribution in [1.29, 1.82) is 0 Å². The van der Waals surface area contributed by atoms with E-state index in [0.29, 0.717) is 36.0 Å². The summed E-state index contributed by atoms with van der Waals surface area (Å²) in [6.07, 6.45) is 11.6. The highest BCUT2D eigenvalue weighted by molar-refractivity contribution is 5.83. The fourth-order valence-electron chi connectivity index (χ4n) is 5.93. The number of aliphatic hydroxyl groups is 1. The summed E-state index contributed by atoms with van der Waals surface area (Å²) in [6.45, 7) is 14.6. The van der Waals surface area contributed by atoms with Crippen LogP contribution in [0.5, 0.6) is 0 Å². The predicted octanol–water partition coefficient (Wildman–Crippen LogP) is 7.06. The summed E-state index contributed by atoms with van der Waals surface area (Å²) >= 11 is 0. The average molecular weight is 429 g/mol. The smallest absolute Gasteiger partial charge is 0.138 e. The van der Waals surface area contributed by atoms with Gasteiger partial charge in [0.25, 0.3) is 0 Å². The molecule has 0 aromatic rings. The Hall–Kier alpha value is -1.48. The maximum absolute atomic E-state index is 14.1. The molecule has 3 aliphatic rings. The molecule has 1 unspecified atom stereocenters. The van der Waals surface area contributed by atoms with Crippen molar-refractivity contribution in [3.05, 3.63) is 47.1 Å². The molecule has 0 aliphatic heterocycles. The molecule has 31 heavy (non-hydrogen) atoms. The molecule has 1 N–H and O–H groups in total. The third-order valence-corrected chi connectivity index (χ3v) is 8.01. The molecule has 0 saturated heterocycles. The van der Waals surface area contributed by atoms with Crippen molar-refractivity contribution in [2.24, 2.45) is 22.7 Å². The Morgan fingerprint density at radius 1 is 1.39 bits per heavy atom. The number of rotatable bonds is 5. The Kier molecular flexibility index (Phi) is 7.15. The molecule has 0 spiro atoms. The van der Waals surface area contributed by atoms with Crippen molar-refractivity contribution in [2.75, 3.05) is 0 Å². The molecular weight excluding hydrogens is 387 g/mol. The van der Waals surface area contributed by atoms with Crippen LogP contribution in [0.25, 0.3) is 0 Å². The molecular formula is C28H41FO2. The molecule has 0 bridgehead atoms. The van der Waals surface area contributed by atoms with E-state index < -0.39 is 12.3 Å². The van der Waals surface area contributed by atoms with Crippen molar-refractivity contribution in [1.82, 2.24) is 0 Å². The number of halogens is 1. The van der Waals surface area contributed by atoms with E-state index in [1.807, 2.05) is 26.8 Å². The topological polar surface area (TPSA) is 37.3 Å². The summed E-state index contributed by atoms with van der Waals surface area (Å²) in [5, 5.41) is 9.96. The van der Waals surface area contributed by atoms with E-state index in [-0.39, 0.29) is 17.3 Å². The van der Waals surface area contributed by atoms with Crippen molar-refractivity contribution in [3.8, 4) is 0 Å². The second kappa shape index (κ2) is 9.17. The van der Waals surface area contributed by atoms with E-state index in [1.165, 1.54) is 17.6 Å². The first-order chi connectivity index (χ1) is 14.4. The zero-order valence-electron chi connectivity index (χ0n) is 20.1. The van der Waals surface area contributed by atoms with E-state index in [2.05, 4.69) is 32.6 Å². The van der Waals surface area contributed by atoms with Gasteiger partial charge >= 0.3 is 0 Å². The number of alkyl halides is 1. The van der Waals surface area contributed by atoms with E-state index in [4.69, 9.17) is 0 Å². The first-order valence-electron chi connectivity index (χ1n) is 12.1. The van der Waals surface area contributed by atoms with E-state index in [9.17, 15) is 14.3 Å². The summed E-state index contributed by atoms with van der Waals surface area (Å²) in [6, 6.07) is 0. The van der Waals surface area contributed by atoms with Crippen molar-refractivity contribution >= 4 is 5.78 Å². The fraction of sp³-hybridized carbons (Fsp3) is 0.679. The number of allylic oxidation sites excluding steroid dienone is 6. The fourth-order valence-corrected chi connectivity index (χ4v) is 5.93. The van der Waals surface area contributed by atoms with Gasteiger partial charge in [-0.1, -0.05) is 70.6 Å². The molecule has 3 aliphatic carbocycles. The van der Waals surface area contributed by atoms with Crippen LogP contribution in [0.3, 0.4) is 0 Å². The second-order valence-electron chi connectivity index (χ2n) is 11.4. The summed E-state index contributed by atoms with van der Waals surface area (Å²) in [5.41, 5.74) is 4.24. The van der Waals surface area contributed by atoms with Crippen molar-refractivity contribution < 1.29 is 14.3 Å². The molecule has 3 heteroatoms. The molecule has 5 atom stereocenters. The van der Waals surface area contributed by atoms with E-state index >= 15 is 0 Å². The van der Waals surface area contributed by atoms with Gasteiger partial charge in [-0.3, -0.25) is 4.79 Å². The summed E-state index contributed by atoms with van der Waals surface area (Å²) < 4.78 is 14.1. The number of Topliss-reactive ketones (excluding diaryl/α,β-unsaturated/α-hetero) is 1. The summed E-state index contributed by atoms with van der Waals surface area (Å²) in [4.78, 5) is 12.4. The second-order valence-corrected chi connectivity index (χ2v) is 11.4. The third kappa shape index (κ3) is 5.13. The van der Waals surface area contributed by atoms with E-state index in [0.717, 1.165) is 31.3 Å². The lowest BCUT2D eigenvalue weighted by atomic mass is 9.62. The third-order valence-electron chi connectivity index (χ3n) is 8.01. The number of fused-ring (bicyclic) bond motifs is 1. The Morgan fingerprint density at radius 3 is 2.77 bits per heavy atom. The number of hydrogen-bond donors (Lipinski definition) is 1. The SMILES string of the molecule is C=C1/C(=C\C=C2/CCC[C@]3(C)C([C@H](C)CCC(=O)C(C)(C)C)=CCC23)C[C@@H](O)C[C@@H]1F. The standard InChI is InChI=1S/C28H41FO2/c1-18(9-14-26(31)27(3,4)5)23-12-13-24-20(8-7-15-28(23,24)6)10-11-21-16-22(30)17-25(29)19(21)2/h10-12,18,22,24-25,30H,2,7-9,13-17H2,1,3-6H3/b20-10+,21-11-/t18-,22-,24?,25+,28-/m1/s1. The van der Waals surface area contributed by atoms with Crippen LogP contribution in [0.15, 0.2) is 47.1 Å². The van der Waals surface area contributed by atoms with Gasteiger partial charge < -0.3 is 5.11 Å². The number of carbonyl (C=O) groups excluding carboxylic acids is 1. The highest BCUT2D eigenvalue weighted by atomic mass is 19.1. The molecule has 172 valence electrons. The van der Waals surface area contributed by atoms with Crippen LogP contribution in [0, 0.1) is 22.7 Å². The van der Waals surface area contributed by atoms with Crippen LogP contribution in [-0.4, -0.2) is 23.2 Å². The molecule has 0 amide bonds. The Balaban J connectivity index is 1.73. The highest BCUT2D eigenvalue weighted by Crippen LogP contribution is 2.57. The monoisotopic (exact) mass is 428 g/mol. The quantitative estimate of drug-likeness (QED) is 0.476. The minimum absolute atomic E-state index is 0.151. The molecule has 0 radical (unpaired) electrons. The lowest BCUT2D eigenvalue weighted by Gasteiger charge is -2.42. The van der Waals surface area contributed by atoms with Gasteiger partial charge in [-0.25, -0.2) is 4.39 Å². The zero-order valence-corrected chi connectivity index (χ0v) is 20.1. The van der Waals surface area contributed by atoms with Gasteiger partial charge in [0.2, 0.25) is 0 Å². The maximum Gasteiger partial charge on any atom is 0.138 e. The number of ketones is 1. The summed E-state index contributed by atoms with van der Waals surface area (Å²) in [7, 11) is 0. The minimum atomic E-state index is -1.14. The first-order valence-corrected chi connectivity index (χ1v) is 12.1. The molecule has 2 fully saturated rings. The number of aliphatic hydroxyl groups excluding tert-OH is 1. The van der Waals surface area contributed by atoms with Crippen LogP contribution in [0.1, 0.15) is 86.0 Å². The van der Waals surface area contributed by atoms with Crippen LogP contribution in [0.4, 0.5) is 4.39 Å². The molecule has 3 rings (SSSR count). The molecule has 0 aromatic carbocycles. The highest BCUT2D eigenvalue weighted by Gasteiger charge is 2.46. The largest absolute Gasteiger partial charge is 0.393 e. The molecule has 2 saturated carbocycles. The molecule has 2 nitrogen and oxygen atoms in total. The Morgan fingerprint density at radius 2 is 2.10 bits per heavy atom. The van der Waals surface area contributed by atoms with Gasteiger partial charge in [0.05, 0.1) is 6.10 Å². The number of carbonyl (C=O) groups is 1. The summed E-state index contributed by atoms with van der Waals surface area (Å²) in [5.74, 6) is 1.24. The average Bonchev–Trinajstić information content (AvgIpc) is 3.04. The molecule has 0 aromatic heterocycles. The Labute approximate surface area is 188 Å². The normalized spacial score (nSPS) is 35.3. The van der Waals surface area contributed by atoms with Crippen LogP contribution >= 0.6 is 0 Å².